The van der Waals surface area contributed by atoms with Gasteiger partial charge in [0.1, 0.15) is 17.7 Å². The van der Waals surface area contributed by atoms with E-state index in [1.165, 1.54) is 0 Å². The predicted octanol–water partition coefficient (Wildman–Crippen LogP) is 5.86. The zero-order chi connectivity index (χ0) is 27.3. The SMILES string of the molecule is C=Cc1cccc(C(C(=O)NCCCC)N(CCCCC)C(=O)C(NC(=O)OC(C)(C)C)C(C)C)c1. The topological polar surface area (TPSA) is 87.7 Å². The molecule has 0 aromatic heterocycles. The van der Waals surface area contributed by atoms with Gasteiger partial charge in [-0.25, -0.2) is 4.79 Å². The van der Waals surface area contributed by atoms with E-state index in [1.54, 1.807) is 31.7 Å². The molecule has 0 radical (unpaired) electrons. The quantitative estimate of drug-likeness (QED) is 0.313. The van der Waals surface area contributed by atoms with Gasteiger partial charge in [0.2, 0.25) is 11.8 Å². The van der Waals surface area contributed by atoms with E-state index in [0.29, 0.717) is 18.7 Å². The van der Waals surface area contributed by atoms with Crippen LogP contribution in [0.15, 0.2) is 30.8 Å². The van der Waals surface area contributed by atoms with Crippen molar-refractivity contribution < 1.29 is 19.1 Å². The normalized spacial score (nSPS) is 13.0. The van der Waals surface area contributed by atoms with Crippen molar-refractivity contribution in [3.63, 3.8) is 0 Å². The van der Waals surface area contributed by atoms with Gasteiger partial charge in [0.15, 0.2) is 0 Å². The van der Waals surface area contributed by atoms with Crippen molar-refractivity contribution >= 4 is 24.0 Å². The summed E-state index contributed by atoms with van der Waals surface area (Å²) in [7, 11) is 0. The molecule has 7 heteroatoms. The molecule has 1 aromatic rings. The number of carbonyl (C=O) groups is 3. The Kier molecular flexibility index (Phi) is 13.3. The number of carbonyl (C=O) groups excluding carboxylic acids is 3. The number of rotatable bonds is 14. The summed E-state index contributed by atoms with van der Waals surface area (Å²) in [5.41, 5.74) is 0.889. The number of alkyl carbamates (subject to hydrolysis) is 1. The summed E-state index contributed by atoms with van der Waals surface area (Å²) >= 11 is 0. The first kappa shape index (κ1) is 31.2. The molecular formula is C29H47N3O4. The first-order valence-electron chi connectivity index (χ1n) is 13.2. The lowest BCUT2D eigenvalue weighted by atomic mass is 9.97. The van der Waals surface area contributed by atoms with Crippen LogP contribution in [0.25, 0.3) is 6.08 Å². The predicted molar refractivity (Wildman–Crippen MR) is 146 cm³/mol. The van der Waals surface area contributed by atoms with Crippen LogP contribution < -0.4 is 10.6 Å². The molecule has 0 aliphatic rings. The molecule has 7 nitrogen and oxygen atoms in total. The smallest absolute Gasteiger partial charge is 0.408 e. The number of unbranched alkanes of at least 4 members (excludes halogenated alkanes) is 3. The minimum absolute atomic E-state index is 0.206. The van der Waals surface area contributed by atoms with E-state index < -0.39 is 23.8 Å². The van der Waals surface area contributed by atoms with Crippen LogP contribution in [0.3, 0.4) is 0 Å². The molecule has 0 fully saturated rings. The monoisotopic (exact) mass is 501 g/mol. The Morgan fingerprint density at radius 1 is 1.08 bits per heavy atom. The summed E-state index contributed by atoms with van der Waals surface area (Å²) in [6.07, 6.45) is 5.52. The first-order valence-corrected chi connectivity index (χ1v) is 13.2. The Morgan fingerprint density at radius 2 is 1.75 bits per heavy atom. The van der Waals surface area contributed by atoms with E-state index in [2.05, 4.69) is 31.1 Å². The van der Waals surface area contributed by atoms with Gasteiger partial charge in [0.05, 0.1) is 0 Å². The molecule has 2 atom stereocenters. The fraction of sp³-hybridized carbons (Fsp3) is 0.621. The minimum Gasteiger partial charge on any atom is -0.444 e. The highest BCUT2D eigenvalue weighted by molar-refractivity contribution is 5.92. The van der Waals surface area contributed by atoms with Crippen molar-refractivity contribution in [2.75, 3.05) is 13.1 Å². The van der Waals surface area contributed by atoms with Gasteiger partial charge in [-0.15, -0.1) is 0 Å². The lowest BCUT2D eigenvalue weighted by molar-refractivity contribution is -0.143. The lowest BCUT2D eigenvalue weighted by Gasteiger charge is -2.35. The highest BCUT2D eigenvalue weighted by atomic mass is 16.6. The Morgan fingerprint density at radius 3 is 2.31 bits per heavy atom. The third-order valence-electron chi connectivity index (χ3n) is 5.74. The Bertz CT molecular complexity index is 860. The van der Waals surface area contributed by atoms with E-state index in [9.17, 15) is 14.4 Å². The molecule has 3 amide bonds. The van der Waals surface area contributed by atoms with Crippen LogP contribution in [0.1, 0.15) is 97.7 Å². The summed E-state index contributed by atoms with van der Waals surface area (Å²) in [6.45, 7) is 18.0. The number of benzene rings is 1. The number of amides is 3. The molecule has 36 heavy (non-hydrogen) atoms. The van der Waals surface area contributed by atoms with Gasteiger partial charge < -0.3 is 20.3 Å². The van der Waals surface area contributed by atoms with Crippen molar-refractivity contribution in [3.05, 3.63) is 42.0 Å². The summed E-state index contributed by atoms with van der Waals surface area (Å²) in [6, 6.07) is 5.87. The molecule has 2 unspecified atom stereocenters. The zero-order valence-electron chi connectivity index (χ0n) is 23.4. The van der Waals surface area contributed by atoms with Crippen molar-refractivity contribution in [3.8, 4) is 0 Å². The molecular weight excluding hydrogens is 454 g/mol. The number of hydrogen-bond donors (Lipinski definition) is 2. The standard InChI is InChI=1S/C29H47N3O4/c1-9-12-14-19-32(27(34)24(21(4)5)31-28(35)36-29(6,7)8)25(26(33)30-18-13-10-2)23-17-15-16-22(11-3)20-23/h11,15-17,20-21,24-25H,3,9-10,12-14,18-19H2,1-2,4-8H3,(H,30,33)(H,31,35). The van der Waals surface area contributed by atoms with Crippen LogP contribution >= 0.6 is 0 Å². The van der Waals surface area contributed by atoms with Gasteiger partial charge >= 0.3 is 6.09 Å². The molecule has 0 heterocycles. The van der Waals surface area contributed by atoms with Gasteiger partial charge in [-0.3, -0.25) is 9.59 Å². The average Bonchev–Trinajstić information content (AvgIpc) is 2.80. The molecule has 0 aliphatic carbocycles. The summed E-state index contributed by atoms with van der Waals surface area (Å²) in [5.74, 6) is -0.733. The first-order chi connectivity index (χ1) is 16.9. The highest BCUT2D eigenvalue weighted by Crippen LogP contribution is 2.26. The number of nitrogens with one attached hydrogen (secondary N) is 2. The van der Waals surface area contributed by atoms with Crippen molar-refractivity contribution in [2.24, 2.45) is 5.92 Å². The van der Waals surface area contributed by atoms with Gasteiger partial charge in [-0.1, -0.05) is 77.8 Å². The second-order valence-electron chi connectivity index (χ2n) is 10.5. The lowest BCUT2D eigenvalue weighted by Crippen LogP contribution is -2.55. The van der Waals surface area contributed by atoms with Crippen molar-refractivity contribution in [1.29, 1.82) is 0 Å². The van der Waals surface area contributed by atoms with Gasteiger partial charge in [-0.2, -0.15) is 0 Å². The molecule has 2 N–H and O–H groups in total. The molecule has 0 spiro atoms. The summed E-state index contributed by atoms with van der Waals surface area (Å²) in [4.78, 5) is 41.8. The minimum atomic E-state index is -0.838. The summed E-state index contributed by atoms with van der Waals surface area (Å²) < 4.78 is 5.42. The second kappa shape index (κ2) is 15.3. The number of hydrogen-bond acceptors (Lipinski definition) is 4. The molecule has 0 saturated carbocycles. The van der Waals surface area contributed by atoms with E-state index in [0.717, 1.165) is 37.7 Å². The molecule has 1 rings (SSSR count). The maximum Gasteiger partial charge on any atom is 0.408 e. The largest absolute Gasteiger partial charge is 0.444 e. The van der Waals surface area contributed by atoms with Crippen LogP contribution in [0, 0.1) is 5.92 Å². The highest BCUT2D eigenvalue weighted by Gasteiger charge is 2.37. The van der Waals surface area contributed by atoms with Crippen LogP contribution in [0.2, 0.25) is 0 Å². The maximum atomic E-state index is 14.0. The third kappa shape index (κ3) is 10.4. The molecule has 202 valence electrons. The molecule has 0 aliphatic heterocycles. The number of ether oxygens (including phenoxy) is 1. The van der Waals surface area contributed by atoms with E-state index >= 15 is 0 Å². The Hall–Kier alpha value is -2.83. The fourth-order valence-electron chi connectivity index (χ4n) is 3.84. The van der Waals surface area contributed by atoms with E-state index in [-0.39, 0.29) is 17.7 Å². The molecule has 1 aromatic carbocycles. The number of nitrogens with zero attached hydrogens (tertiary/aromatic N) is 1. The maximum absolute atomic E-state index is 14.0. The Labute approximate surface area is 218 Å². The van der Waals surface area contributed by atoms with E-state index in [1.807, 2.05) is 38.1 Å². The van der Waals surface area contributed by atoms with Crippen LogP contribution in [0.5, 0.6) is 0 Å². The van der Waals surface area contributed by atoms with Gasteiger partial charge in [-0.05, 0) is 56.7 Å². The van der Waals surface area contributed by atoms with Gasteiger partial charge in [0, 0.05) is 13.1 Å². The average molecular weight is 502 g/mol. The zero-order valence-corrected chi connectivity index (χ0v) is 23.4. The third-order valence-corrected chi connectivity index (χ3v) is 5.74. The van der Waals surface area contributed by atoms with Crippen LogP contribution in [0.4, 0.5) is 4.79 Å². The molecule has 0 bridgehead atoms. The van der Waals surface area contributed by atoms with Crippen molar-refractivity contribution in [1.82, 2.24) is 15.5 Å². The Balaban J connectivity index is 3.46. The second-order valence-corrected chi connectivity index (χ2v) is 10.5. The van der Waals surface area contributed by atoms with Crippen LogP contribution in [-0.4, -0.2) is 47.5 Å². The fourth-order valence-corrected chi connectivity index (χ4v) is 3.84. The van der Waals surface area contributed by atoms with Crippen molar-refractivity contribution in [2.45, 2.75) is 98.3 Å². The van der Waals surface area contributed by atoms with Gasteiger partial charge in [0.25, 0.3) is 0 Å². The van der Waals surface area contributed by atoms with E-state index in [4.69, 9.17) is 4.74 Å². The summed E-state index contributed by atoms with van der Waals surface area (Å²) in [5, 5.41) is 5.78. The van der Waals surface area contributed by atoms with Crippen LogP contribution in [-0.2, 0) is 14.3 Å². The molecule has 0 saturated heterocycles.